The van der Waals surface area contributed by atoms with E-state index in [2.05, 4.69) is 6.92 Å². The van der Waals surface area contributed by atoms with Crippen LogP contribution in [0.4, 0.5) is 0 Å². The molecule has 0 unspecified atom stereocenters. The van der Waals surface area contributed by atoms with Crippen LogP contribution in [0.15, 0.2) is 24.3 Å². The molecule has 0 radical (unpaired) electrons. The van der Waals surface area contributed by atoms with Gasteiger partial charge >= 0.3 is 0 Å². The highest BCUT2D eigenvalue weighted by Crippen LogP contribution is 2.16. The van der Waals surface area contributed by atoms with Gasteiger partial charge in [0.2, 0.25) is 15.9 Å². The van der Waals surface area contributed by atoms with E-state index in [0.717, 1.165) is 16.3 Å². The Kier molecular flexibility index (Phi) is 3.71. The van der Waals surface area contributed by atoms with Gasteiger partial charge in [-0.05, 0) is 24.0 Å². The maximum Gasteiger partial charge on any atom is 0.237 e. The summed E-state index contributed by atoms with van der Waals surface area (Å²) in [7, 11) is -3.34. The average Bonchev–Trinajstić information content (AvgIpc) is 2.62. The third-order valence-corrected chi connectivity index (χ3v) is 5.00. The molecule has 0 N–H and O–H groups in total. The van der Waals surface area contributed by atoms with Crippen molar-refractivity contribution in [3.05, 3.63) is 35.4 Å². The Morgan fingerprint density at radius 2 is 1.78 bits per heavy atom. The molecule has 5 heteroatoms. The summed E-state index contributed by atoms with van der Waals surface area (Å²) in [6.07, 6.45) is 1.69. The molecule has 2 rings (SSSR count). The predicted molar refractivity (Wildman–Crippen MR) is 69.6 cm³/mol. The normalized spacial score (nSPS) is 18.3. The Labute approximate surface area is 108 Å². The topological polar surface area (TPSA) is 54.5 Å². The van der Waals surface area contributed by atoms with Gasteiger partial charge in [0.15, 0.2) is 0 Å². The first-order chi connectivity index (χ1) is 8.53. The molecular weight excluding hydrogens is 250 g/mol. The molecule has 1 aliphatic heterocycles. The van der Waals surface area contributed by atoms with E-state index in [1.54, 1.807) is 0 Å². The van der Waals surface area contributed by atoms with Gasteiger partial charge in [-0.25, -0.2) is 12.7 Å². The second kappa shape index (κ2) is 5.10. The van der Waals surface area contributed by atoms with E-state index in [0.29, 0.717) is 6.42 Å². The van der Waals surface area contributed by atoms with Gasteiger partial charge in [0.05, 0.1) is 5.75 Å². The standard InChI is InChI=1S/C13H17NO3S/c1-2-11-3-5-12(6-4-11)7-9-14-13(15)8-10-18(14,16)17/h3-6H,2,7-10H2,1H3. The first kappa shape index (κ1) is 13.1. The van der Waals surface area contributed by atoms with Crippen LogP contribution in [0, 0.1) is 0 Å². The molecule has 4 nitrogen and oxygen atoms in total. The first-order valence-electron chi connectivity index (χ1n) is 6.14. The van der Waals surface area contributed by atoms with Gasteiger partial charge in [-0.3, -0.25) is 4.79 Å². The second-order valence-corrected chi connectivity index (χ2v) is 6.46. The van der Waals surface area contributed by atoms with Crippen LogP contribution >= 0.6 is 0 Å². The molecule has 98 valence electrons. The number of rotatable bonds is 4. The minimum atomic E-state index is -3.34. The summed E-state index contributed by atoms with van der Waals surface area (Å²) in [5.41, 5.74) is 2.31. The fourth-order valence-corrected chi connectivity index (χ4v) is 3.47. The Bertz CT molecular complexity index is 534. The van der Waals surface area contributed by atoms with Crippen LogP contribution in [0.5, 0.6) is 0 Å². The highest BCUT2D eigenvalue weighted by molar-refractivity contribution is 7.90. The molecular formula is C13H17NO3S. The molecule has 1 aromatic carbocycles. The Morgan fingerprint density at radius 1 is 1.17 bits per heavy atom. The van der Waals surface area contributed by atoms with Crippen LogP contribution in [0.2, 0.25) is 0 Å². The number of benzene rings is 1. The molecule has 0 atom stereocenters. The van der Waals surface area contributed by atoms with Crippen molar-refractivity contribution in [3.8, 4) is 0 Å². The maximum absolute atomic E-state index is 11.6. The third-order valence-electron chi connectivity index (χ3n) is 3.22. The molecule has 0 bridgehead atoms. The lowest BCUT2D eigenvalue weighted by Gasteiger charge is -2.14. The van der Waals surface area contributed by atoms with Crippen molar-refractivity contribution in [2.45, 2.75) is 26.2 Å². The quantitative estimate of drug-likeness (QED) is 0.827. The molecule has 1 amide bonds. The van der Waals surface area contributed by atoms with Gasteiger partial charge in [-0.15, -0.1) is 0 Å². The van der Waals surface area contributed by atoms with Crippen molar-refractivity contribution in [1.82, 2.24) is 4.31 Å². The van der Waals surface area contributed by atoms with Crippen LogP contribution in [-0.2, 0) is 27.7 Å². The lowest BCUT2D eigenvalue weighted by atomic mass is 10.1. The molecule has 18 heavy (non-hydrogen) atoms. The zero-order valence-electron chi connectivity index (χ0n) is 10.4. The number of nitrogens with zero attached hydrogens (tertiary/aromatic N) is 1. The molecule has 1 aliphatic rings. The van der Waals surface area contributed by atoms with E-state index >= 15 is 0 Å². The van der Waals surface area contributed by atoms with Crippen molar-refractivity contribution in [3.63, 3.8) is 0 Å². The minimum absolute atomic E-state index is 0.0411. The zero-order valence-corrected chi connectivity index (χ0v) is 11.2. The van der Waals surface area contributed by atoms with Gasteiger partial charge in [0.1, 0.15) is 0 Å². The molecule has 1 aromatic rings. The van der Waals surface area contributed by atoms with Crippen LogP contribution in [0.25, 0.3) is 0 Å². The van der Waals surface area contributed by atoms with Gasteiger partial charge < -0.3 is 0 Å². The minimum Gasteiger partial charge on any atom is -0.274 e. The second-order valence-electron chi connectivity index (χ2n) is 4.45. The van der Waals surface area contributed by atoms with E-state index in [1.807, 2.05) is 24.3 Å². The highest BCUT2D eigenvalue weighted by Gasteiger charge is 2.34. The van der Waals surface area contributed by atoms with E-state index < -0.39 is 10.0 Å². The van der Waals surface area contributed by atoms with Crippen molar-refractivity contribution in [2.24, 2.45) is 0 Å². The summed E-state index contributed by atoms with van der Waals surface area (Å²) in [5.74, 6) is -0.319. The molecule has 1 fully saturated rings. The monoisotopic (exact) mass is 267 g/mol. The summed E-state index contributed by atoms with van der Waals surface area (Å²) in [5, 5.41) is 0. The number of amides is 1. The van der Waals surface area contributed by atoms with E-state index in [9.17, 15) is 13.2 Å². The Morgan fingerprint density at radius 3 is 2.28 bits per heavy atom. The lowest BCUT2D eigenvalue weighted by Crippen LogP contribution is -2.31. The number of hydrogen-bond donors (Lipinski definition) is 0. The molecule has 0 spiro atoms. The van der Waals surface area contributed by atoms with E-state index in [4.69, 9.17) is 0 Å². The highest BCUT2D eigenvalue weighted by atomic mass is 32.2. The zero-order chi connectivity index (χ0) is 13.2. The molecule has 1 heterocycles. The molecule has 0 saturated carbocycles. The van der Waals surface area contributed by atoms with Crippen LogP contribution < -0.4 is 0 Å². The number of sulfonamides is 1. The summed E-state index contributed by atoms with van der Waals surface area (Å²) >= 11 is 0. The summed E-state index contributed by atoms with van der Waals surface area (Å²) < 4.78 is 24.2. The fraction of sp³-hybridized carbons (Fsp3) is 0.462. The number of hydrogen-bond acceptors (Lipinski definition) is 3. The van der Waals surface area contributed by atoms with Crippen molar-refractivity contribution in [2.75, 3.05) is 12.3 Å². The average molecular weight is 267 g/mol. The SMILES string of the molecule is CCc1ccc(CCN2C(=O)CCS2(=O)=O)cc1. The summed E-state index contributed by atoms with van der Waals surface area (Å²) in [6, 6.07) is 8.06. The van der Waals surface area contributed by atoms with Gasteiger partial charge in [-0.1, -0.05) is 31.2 Å². The molecule has 0 aliphatic carbocycles. The van der Waals surface area contributed by atoms with E-state index in [-0.39, 0.29) is 24.6 Å². The smallest absolute Gasteiger partial charge is 0.237 e. The maximum atomic E-state index is 11.6. The van der Waals surface area contributed by atoms with Crippen molar-refractivity contribution >= 4 is 15.9 Å². The molecule has 1 saturated heterocycles. The summed E-state index contributed by atoms with van der Waals surface area (Å²) in [4.78, 5) is 11.5. The third kappa shape index (κ3) is 2.72. The number of carbonyl (C=O) groups excluding carboxylic acids is 1. The lowest BCUT2D eigenvalue weighted by molar-refractivity contribution is -0.125. The van der Waals surface area contributed by atoms with Crippen LogP contribution in [0.3, 0.4) is 0 Å². The summed E-state index contributed by atoms with van der Waals surface area (Å²) in [6.45, 7) is 2.34. The Hall–Kier alpha value is -1.36. The Balaban J connectivity index is 2.00. The fourth-order valence-electron chi connectivity index (χ4n) is 2.04. The first-order valence-corrected chi connectivity index (χ1v) is 7.75. The van der Waals surface area contributed by atoms with E-state index in [1.165, 1.54) is 5.56 Å². The van der Waals surface area contributed by atoms with Crippen LogP contribution in [-0.4, -0.2) is 30.9 Å². The van der Waals surface area contributed by atoms with Crippen molar-refractivity contribution < 1.29 is 13.2 Å². The number of carbonyl (C=O) groups is 1. The van der Waals surface area contributed by atoms with Crippen molar-refractivity contribution in [1.29, 1.82) is 0 Å². The number of aryl methyl sites for hydroxylation is 1. The van der Waals surface area contributed by atoms with Gasteiger partial charge in [-0.2, -0.15) is 0 Å². The predicted octanol–water partition coefficient (Wildman–Crippen LogP) is 1.35. The van der Waals surface area contributed by atoms with Crippen LogP contribution in [0.1, 0.15) is 24.5 Å². The van der Waals surface area contributed by atoms with Gasteiger partial charge in [0.25, 0.3) is 0 Å². The largest absolute Gasteiger partial charge is 0.274 e. The molecule has 0 aromatic heterocycles. The van der Waals surface area contributed by atoms with Gasteiger partial charge in [0, 0.05) is 13.0 Å².